The summed E-state index contributed by atoms with van der Waals surface area (Å²) in [6, 6.07) is 0. The molecule has 0 aliphatic heterocycles. The second-order valence-corrected chi connectivity index (χ2v) is 1.16. The van der Waals surface area contributed by atoms with E-state index in [1.165, 1.54) is 0 Å². The Morgan fingerprint density at radius 2 is 2.60 bits per heavy atom. The monoisotopic (exact) mass is 90.0 g/mol. The smallest absolute Gasteiger partial charge is 0.284 e. The average molecular weight is 90.0 g/mol. The molecule has 0 amide bonds. The lowest BCUT2D eigenvalue weighted by Crippen LogP contribution is -1.92. The summed E-state index contributed by atoms with van der Waals surface area (Å²) < 4.78 is 4.61. The van der Waals surface area contributed by atoms with Crippen molar-refractivity contribution < 1.29 is 4.65 Å². The highest BCUT2D eigenvalue weighted by molar-refractivity contribution is 7.81. The van der Waals surface area contributed by atoms with Crippen molar-refractivity contribution >= 4 is 20.1 Å². The zero-order valence-corrected chi connectivity index (χ0v) is 4.16. The lowest BCUT2D eigenvalue weighted by atomic mass is 10.1. The van der Waals surface area contributed by atoms with Crippen molar-refractivity contribution in [2.24, 2.45) is 0 Å². The van der Waals surface area contributed by atoms with Crippen LogP contribution in [0.3, 0.4) is 0 Å². The third-order valence-electron chi connectivity index (χ3n) is 0.295. The first-order valence-corrected chi connectivity index (χ1v) is 2.15. The Bertz CT molecular complexity index is 17.1. The molecule has 0 atom stereocenters. The first kappa shape index (κ1) is 5.37. The summed E-state index contributed by atoms with van der Waals surface area (Å²) in [6.45, 7) is 0. The van der Waals surface area contributed by atoms with Gasteiger partial charge in [0.05, 0.1) is 0 Å². The van der Waals surface area contributed by atoms with Crippen LogP contribution in [0.2, 0.25) is 0 Å². The summed E-state index contributed by atoms with van der Waals surface area (Å²) in [7, 11) is 2.42. The molecule has 5 heavy (non-hydrogen) atoms. The SMILES string of the molecule is COBCS. The molecule has 0 aromatic heterocycles. The van der Waals surface area contributed by atoms with Crippen molar-refractivity contribution in [2.45, 2.75) is 0 Å². The number of thiol groups is 1. The Labute approximate surface area is 38.4 Å². The normalized spacial score (nSPS) is 7.60. The molecule has 0 heterocycles. The van der Waals surface area contributed by atoms with Crippen molar-refractivity contribution in [3.8, 4) is 0 Å². The first-order valence-electron chi connectivity index (χ1n) is 1.51. The molecule has 0 saturated carbocycles. The van der Waals surface area contributed by atoms with Gasteiger partial charge in [0.25, 0.3) is 7.48 Å². The van der Waals surface area contributed by atoms with Crippen LogP contribution in [-0.2, 0) is 4.65 Å². The van der Waals surface area contributed by atoms with E-state index in [9.17, 15) is 0 Å². The van der Waals surface area contributed by atoms with E-state index in [4.69, 9.17) is 0 Å². The summed E-state index contributed by atoms with van der Waals surface area (Å²) in [5.74, 6) is 0. The summed E-state index contributed by atoms with van der Waals surface area (Å²) in [6.07, 6.45) is 0. The molecule has 0 spiro atoms. The molecule has 0 fully saturated rings. The highest BCUT2D eigenvalue weighted by Gasteiger charge is 1.73. The lowest BCUT2D eigenvalue weighted by Gasteiger charge is -1.80. The molecule has 0 aliphatic carbocycles. The van der Waals surface area contributed by atoms with Gasteiger partial charge in [0.15, 0.2) is 0 Å². The molecular weight excluding hydrogens is 82.9 g/mol. The molecule has 0 bridgehead atoms. The molecule has 0 aliphatic rings. The van der Waals surface area contributed by atoms with Crippen LogP contribution in [0.4, 0.5) is 0 Å². The molecular formula is C2H7BOS. The van der Waals surface area contributed by atoms with E-state index in [1.807, 2.05) is 0 Å². The second-order valence-electron chi connectivity index (χ2n) is 0.716. The Hall–Kier alpha value is 0.375. The minimum atomic E-state index is 0.753. The van der Waals surface area contributed by atoms with E-state index >= 15 is 0 Å². The quantitative estimate of drug-likeness (QED) is 0.367. The maximum absolute atomic E-state index is 4.61. The Balaban J connectivity index is 2.19. The van der Waals surface area contributed by atoms with Gasteiger partial charge in [-0.1, -0.05) is 0 Å². The average Bonchev–Trinajstić information content (AvgIpc) is 1.41. The highest BCUT2D eigenvalue weighted by atomic mass is 32.1. The van der Waals surface area contributed by atoms with Crippen molar-refractivity contribution in [2.75, 3.05) is 12.8 Å². The Morgan fingerprint density at radius 3 is 2.60 bits per heavy atom. The maximum Gasteiger partial charge on any atom is 0.284 e. The topological polar surface area (TPSA) is 9.23 Å². The van der Waals surface area contributed by atoms with Crippen LogP contribution in [-0.4, -0.2) is 20.2 Å². The first-order chi connectivity index (χ1) is 2.41. The van der Waals surface area contributed by atoms with Crippen LogP contribution in [0, 0.1) is 0 Å². The second kappa shape index (κ2) is 4.37. The molecule has 0 radical (unpaired) electrons. The standard InChI is InChI=1S/C2H7BOS/c1-4-3-2-5/h3,5H,2H2,1H3. The van der Waals surface area contributed by atoms with Crippen molar-refractivity contribution in [3.05, 3.63) is 0 Å². The lowest BCUT2D eigenvalue weighted by molar-refractivity contribution is 0.446. The predicted octanol–water partition coefficient (Wildman–Crippen LogP) is -0.128. The van der Waals surface area contributed by atoms with Gasteiger partial charge in [-0.05, 0) is 5.65 Å². The van der Waals surface area contributed by atoms with Gasteiger partial charge in [-0.15, -0.1) is 0 Å². The third-order valence-corrected chi connectivity index (χ3v) is 0.478. The molecule has 0 N–H and O–H groups in total. The van der Waals surface area contributed by atoms with Gasteiger partial charge in [0.2, 0.25) is 0 Å². The van der Waals surface area contributed by atoms with E-state index in [0.717, 1.165) is 13.1 Å². The van der Waals surface area contributed by atoms with E-state index in [0.29, 0.717) is 0 Å². The van der Waals surface area contributed by atoms with Gasteiger partial charge in [-0.2, -0.15) is 12.6 Å². The third kappa shape index (κ3) is 4.37. The van der Waals surface area contributed by atoms with Crippen LogP contribution < -0.4 is 0 Å². The van der Waals surface area contributed by atoms with Crippen molar-refractivity contribution in [1.82, 2.24) is 0 Å². The zero-order valence-electron chi connectivity index (χ0n) is 3.27. The van der Waals surface area contributed by atoms with Crippen LogP contribution in [0.5, 0.6) is 0 Å². The van der Waals surface area contributed by atoms with Gasteiger partial charge in [0, 0.05) is 7.11 Å². The van der Waals surface area contributed by atoms with Crippen LogP contribution in [0.25, 0.3) is 0 Å². The minimum absolute atomic E-state index is 0.753. The largest absolute Gasteiger partial charge is 0.441 e. The Kier molecular flexibility index (Phi) is 4.70. The summed E-state index contributed by atoms with van der Waals surface area (Å²) in [4.78, 5) is 0. The molecule has 0 saturated heterocycles. The summed E-state index contributed by atoms with van der Waals surface area (Å²) >= 11 is 3.88. The molecule has 0 aromatic carbocycles. The number of hydrogen-bond donors (Lipinski definition) is 1. The van der Waals surface area contributed by atoms with Crippen LogP contribution in [0.15, 0.2) is 0 Å². The van der Waals surface area contributed by atoms with Crippen LogP contribution >= 0.6 is 12.6 Å². The summed E-state index contributed by atoms with van der Waals surface area (Å²) in [5, 5.41) is 0. The molecule has 3 heteroatoms. The molecule has 0 rings (SSSR count). The van der Waals surface area contributed by atoms with Crippen molar-refractivity contribution in [1.29, 1.82) is 0 Å². The molecule has 0 unspecified atom stereocenters. The van der Waals surface area contributed by atoms with Crippen LogP contribution in [0.1, 0.15) is 0 Å². The minimum Gasteiger partial charge on any atom is -0.441 e. The Morgan fingerprint density at radius 1 is 2.00 bits per heavy atom. The van der Waals surface area contributed by atoms with E-state index in [2.05, 4.69) is 17.3 Å². The van der Waals surface area contributed by atoms with E-state index in [1.54, 1.807) is 7.11 Å². The van der Waals surface area contributed by atoms with Gasteiger partial charge < -0.3 is 4.65 Å². The van der Waals surface area contributed by atoms with Gasteiger partial charge in [-0.3, -0.25) is 0 Å². The summed E-state index contributed by atoms with van der Waals surface area (Å²) in [5.41, 5.74) is 0.816. The number of hydrogen-bond acceptors (Lipinski definition) is 2. The van der Waals surface area contributed by atoms with E-state index in [-0.39, 0.29) is 0 Å². The predicted molar refractivity (Wildman–Crippen MR) is 28.0 cm³/mol. The fraction of sp³-hybridized carbons (Fsp3) is 1.00. The number of rotatable bonds is 2. The van der Waals surface area contributed by atoms with Gasteiger partial charge >= 0.3 is 0 Å². The molecule has 30 valence electrons. The molecule has 0 aromatic rings. The fourth-order valence-corrected chi connectivity index (χ4v) is 0.274. The highest BCUT2D eigenvalue weighted by Crippen LogP contribution is 1.65. The molecule has 1 nitrogen and oxygen atoms in total. The maximum atomic E-state index is 4.61. The van der Waals surface area contributed by atoms with E-state index < -0.39 is 0 Å². The van der Waals surface area contributed by atoms with Gasteiger partial charge in [0.1, 0.15) is 0 Å². The zero-order chi connectivity index (χ0) is 4.12. The van der Waals surface area contributed by atoms with Crippen molar-refractivity contribution in [3.63, 3.8) is 0 Å². The van der Waals surface area contributed by atoms with Gasteiger partial charge in [-0.25, -0.2) is 0 Å². The fourth-order valence-electron chi connectivity index (χ4n) is 0.0913.